The van der Waals surface area contributed by atoms with Crippen LogP contribution in [0.2, 0.25) is 0 Å². The molecule has 0 spiro atoms. The predicted molar refractivity (Wildman–Crippen MR) is 108 cm³/mol. The molecule has 0 bridgehead atoms. The lowest BCUT2D eigenvalue weighted by Crippen LogP contribution is -3.11. The third kappa shape index (κ3) is 4.87. The number of nitrogens with zero attached hydrogens (tertiary/aromatic N) is 4. The second-order valence-electron chi connectivity index (χ2n) is 8.35. The van der Waals surface area contributed by atoms with Crippen molar-refractivity contribution in [3.63, 3.8) is 0 Å². The molecule has 0 aliphatic heterocycles. The fraction of sp³-hybridized carbons (Fsp3) is 0.409. The van der Waals surface area contributed by atoms with Crippen LogP contribution in [-0.4, -0.2) is 26.8 Å². The molecule has 0 saturated heterocycles. The molecule has 0 aliphatic carbocycles. The summed E-state index contributed by atoms with van der Waals surface area (Å²) in [6, 6.07) is 15.0. The topological polar surface area (TPSA) is 48.0 Å². The van der Waals surface area contributed by atoms with Crippen LogP contribution in [-0.2, 0) is 18.3 Å². The molecular formula is C22H27F3N5+. The van der Waals surface area contributed by atoms with E-state index in [1.165, 1.54) is 12.1 Å². The SMILES string of the molecule is CC[NH+](Cc1ccccc1)[C@H](c1ccc(C(F)(F)F)cc1)c1nnnn1C(C)(C)C. The number of aromatic nitrogens is 4. The lowest BCUT2D eigenvalue weighted by atomic mass is 10.00. The first-order valence-electron chi connectivity index (χ1n) is 9.95. The number of hydrogen-bond acceptors (Lipinski definition) is 3. The fourth-order valence-electron chi connectivity index (χ4n) is 3.57. The second kappa shape index (κ2) is 8.55. The Bertz CT molecular complexity index is 943. The van der Waals surface area contributed by atoms with E-state index in [4.69, 9.17) is 0 Å². The summed E-state index contributed by atoms with van der Waals surface area (Å²) in [6.45, 7) is 9.50. The van der Waals surface area contributed by atoms with Gasteiger partial charge in [0.05, 0.1) is 17.6 Å². The third-order valence-electron chi connectivity index (χ3n) is 5.09. The number of hydrogen-bond donors (Lipinski definition) is 1. The van der Waals surface area contributed by atoms with Crippen LogP contribution < -0.4 is 4.90 Å². The highest BCUT2D eigenvalue weighted by atomic mass is 19.4. The van der Waals surface area contributed by atoms with Crippen molar-refractivity contribution in [3.8, 4) is 0 Å². The van der Waals surface area contributed by atoms with Crippen molar-refractivity contribution in [2.24, 2.45) is 0 Å². The Morgan fingerprint density at radius 2 is 1.60 bits per heavy atom. The molecule has 8 heteroatoms. The van der Waals surface area contributed by atoms with Gasteiger partial charge < -0.3 is 4.90 Å². The maximum absolute atomic E-state index is 13.1. The number of rotatable bonds is 6. The summed E-state index contributed by atoms with van der Waals surface area (Å²) in [7, 11) is 0. The van der Waals surface area contributed by atoms with E-state index in [0.29, 0.717) is 12.4 Å². The summed E-state index contributed by atoms with van der Waals surface area (Å²) in [5.41, 5.74) is 0.854. The van der Waals surface area contributed by atoms with E-state index < -0.39 is 11.7 Å². The quantitative estimate of drug-likeness (QED) is 0.665. The second-order valence-corrected chi connectivity index (χ2v) is 8.35. The molecule has 0 aliphatic rings. The zero-order valence-corrected chi connectivity index (χ0v) is 17.6. The highest BCUT2D eigenvalue weighted by molar-refractivity contribution is 5.29. The number of quaternary nitrogens is 1. The first kappa shape index (κ1) is 22.0. The van der Waals surface area contributed by atoms with Gasteiger partial charge in [0, 0.05) is 11.1 Å². The van der Waals surface area contributed by atoms with Gasteiger partial charge in [0.2, 0.25) is 5.82 Å². The maximum atomic E-state index is 13.1. The summed E-state index contributed by atoms with van der Waals surface area (Å²) >= 11 is 0. The summed E-state index contributed by atoms with van der Waals surface area (Å²) in [4.78, 5) is 1.14. The van der Waals surface area contributed by atoms with Gasteiger partial charge in [-0.25, -0.2) is 4.68 Å². The Morgan fingerprint density at radius 3 is 2.13 bits per heavy atom. The highest BCUT2D eigenvalue weighted by Crippen LogP contribution is 2.30. The Balaban J connectivity index is 2.08. The van der Waals surface area contributed by atoms with Crippen LogP contribution in [0, 0.1) is 0 Å². The van der Waals surface area contributed by atoms with Crippen LogP contribution >= 0.6 is 0 Å². The smallest absolute Gasteiger partial charge is 0.319 e. The molecule has 0 radical (unpaired) electrons. The largest absolute Gasteiger partial charge is 0.416 e. The van der Waals surface area contributed by atoms with E-state index in [0.717, 1.165) is 34.7 Å². The van der Waals surface area contributed by atoms with Gasteiger partial charge in [-0.3, -0.25) is 0 Å². The molecule has 2 atom stereocenters. The average Bonchev–Trinajstić information content (AvgIpc) is 3.18. The number of nitrogens with one attached hydrogen (secondary N) is 1. The molecule has 1 heterocycles. The third-order valence-corrected chi connectivity index (χ3v) is 5.09. The number of benzene rings is 2. The summed E-state index contributed by atoms with van der Waals surface area (Å²) in [5.74, 6) is 0.634. The van der Waals surface area contributed by atoms with Gasteiger partial charge in [-0.15, -0.1) is 5.10 Å². The summed E-state index contributed by atoms with van der Waals surface area (Å²) in [6.07, 6.45) is -4.37. The van der Waals surface area contributed by atoms with Gasteiger partial charge >= 0.3 is 6.18 Å². The lowest BCUT2D eigenvalue weighted by molar-refractivity contribution is -0.938. The van der Waals surface area contributed by atoms with E-state index in [-0.39, 0.29) is 11.6 Å². The minimum absolute atomic E-state index is 0.313. The van der Waals surface area contributed by atoms with Gasteiger partial charge in [-0.05, 0) is 50.3 Å². The molecule has 1 unspecified atom stereocenters. The maximum Gasteiger partial charge on any atom is 0.416 e. The summed E-state index contributed by atoms with van der Waals surface area (Å²) < 4.78 is 41.0. The average molecular weight is 418 g/mol. The van der Waals surface area contributed by atoms with E-state index in [2.05, 4.69) is 22.4 Å². The molecule has 0 saturated carbocycles. The molecule has 2 aromatic carbocycles. The minimum Gasteiger partial charge on any atom is -0.319 e. The molecule has 160 valence electrons. The van der Waals surface area contributed by atoms with Gasteiger partial charge in [-0.2, -0.15) is 13.2 Å². The monoisotopic (exact) mass is 418 g/mol. The van der Waals surface area contributed by atoms with E-state index in [9.17, 15) is 13.2 Å². The van der Waals surface area contributed by atoms with Crippen molar-refractivity contribution in [1.29, 1.82) is 0 Å². The van der Waals surface area contributed by atoms with Crippen LogP contribution in [0.25, 0.3) is 0 Å². The molecule has 3 aromatic rings. The molecule has 5 nitrogen and oxygen atoms in total. The number of alkyl halides is 3. The predicted octanol–water partition coefficient (Wildman–Crippen LogP) is 3.64. The van der Waals surface area contributed by atoms with Gasteiger partial charge in [-0.1, -0.05) is 42.5 Å². The van der Waals surface area contributed by atoms with Crippen molar-refractivity contribution in [2.75, 3.05) is 6.54 Å². The number of tetrazole rings is 1. The van der Waals surface area contributed by atoms with Crippen LogP contribution in [0.5, 0.6) is 0 Å². The van der Waals surface area contributed by atoms with Crippen LogP contribution in [0.3, 0.4) is 0 Å². The van der Waals surface area contributed by atoms with Crippen LogP contribution in [0.4, 0.5) is 13.2 Å². The van der Waals surface area contributed by atoms with Crippen LogP contribution in [0.1, 0.15) is 56.3 Å². The minimum atomic E-state index is -4.37. The van der Waals surface area contributed by atoms with Crippen molar-refractivity contribution in [1.82, 2.24) is 20.2 Å². The first-order chi connectivity index (χ1) is 14.1. The van der Waals surface area contributed by atoms with Crippen LogP contribution in [0.15, 0.2) is 54.6 Å². The Labute approximate surface area is 174 Å². The van der Waals surface area contributed by atoms with Crippen molar-refractivity contribution >= 4 is 0 Å². The van der Waals surface area contributed by atoms with Gasteiger partial charge in [0.25, 0.3) is 0 Å². The zero-order chi connectivity index (χ0) is 21.9. The first-order valence-corrected chi connectivity index (χ1v) is 9.95. The molecule has 0 fully saturated rings. The number of halogens is 3. The molecule has 1 N–H and O–H groups in total. The van der Waals surface area contributed by atoms with Gasteiger partial charge in [0.15, 0.2) is 6.04 Å². The molecule has 1 aromatic heterocycles. The Kier molecular flexibility index (Phi) is 6.26. The highest BCUT2D eigenvalue weighted by Gasteiger charge is 2.35. The van der Waals surface area contributed by atoms with Gasteiger partial charge in [0.1, 0.15) is 6.54 Å². The lowest BCUT2D eigenvalue weighted by Gasteiger charge is -2.30. The standard InChI is InChI=1S/C22H26F3N5/c1-5-29(15-16-9-7-6-8-10-16)19(20-26-27-28-30(20)21(2,3)4)17-11-13-18(14-12-17)22(23,24)25/h6-14,19H,5,15H2,1-4H3/p+1/t19-/m1/s1. The zero-order valence-electron chi connectivity index (χ0n) is 17.6. The Hall–Kier alpha value is -2.74. The van der Waals surface area contributed by atoms with E-state index in [1.54, 1.807) is 4.68 Å². The molecule has 3 rings (SSSR count). The van der Waals surface area contributed by atoms with Crippen molar-refractivity contribution in [2.45, 2.75) is 52.0 Å². The summed E-state index contributed by atoms with van der Waals surface area (Å²) in [5, 5.41) is 12.4. The molecule has 30 heavy (non-hydrogen) atoms. The van der Waals surface area contributed by atoms with Crippen molar-refractivity contribution < 1.29 is 18.1 Å². The molecular weight excluding hydrogens is 391 g/mol. The van der Waals surface area contributed by atoms with E-state index >= 15 is 0 Å². The van der Waals surface area contributed by atoms with E-state index in [1.807, 2.05) is 51.1 Å². The van der Waals surface area contributed by atoms with Crippen molar-refractivity contribution in [3.05, 3.63) is 77.1 Å². The fourth-order valence-corrected chi connectivity index (χ4v) is 3.57. The molecule has 0 amide bonds. The normalized spacial score (nSPS) is 14.5. The Morgan fingerprint density at radius 1 is 0.967 bits per heavy atom.